The molecule has 0 spiro atoms. The van der Waals surface area contributed by atoms with Gasteiger partial charge in [-0.15, -0.1) is 0 Å². The molecule has 8 nitrogen and oxygen atoms in total. The van der Waals surface area contributed by atoms with Crippen LogP contribution < -0.4 is 0 Å². The number of amides is 1. The maximum Gasteiger partial charge on any atom is 0.334 e. The molecule has 1 amide bonds. The predicted octanol–water partition coefficient (Wildman–Crippen LogP) is -0.0367. The van der Waals surface area contributed by atoms with Crippen LogP contribution >= 0.6 is 0 Å². The van der Waals surface area contributed by atoms with Gasteiger partial charge >= 0.3 is 5.97 Å². The van der Waals surface area contributed by atoms with E-state index in [-0.39, 0.29) is 19.1 Å². The third-order valence-corrected chi connectivity index (χ3v) is 3.52. The number of carbonyl (C=O) groups excluding carboxylic acids is 1. The molecule has 1 aliphatic heterocycles. The number of hydrogen-bond donors (Lipinski definition) is 1. The molecular weight excluding hydrogens is 276 g/mol. The number of carboxylic acid groups (broad SMARTS) is 1. The van der Waals surface area contributed by atoms with Gasteiger partial charge in [0.05, 0.1) is 30.6 Å². The average molecular weight is 290 g/mol. The highest BCUT2D eigenvalue weighted by Crippen LogP contribution is 2.14. The lowest BCUT2D eigenvalue weighted by Crippen LogP contribution is -2.48. The lowest BCUT2D eigenvalue weighted by Gasteiger charge is -2.31. The molecule has 3 heterocycles. The van der Waals surface area contributed by atoms with Crippen molar-refractivity contribution >= 4 is 17.5 Å². The minimum atomic E-state index is -1.06. The number of aromatic nitrogens is 3. The highest BCUT2D eigenvalue weighted by atomic mass is 16.5. The smallest absolute Gasteiger partial charge is 0.334 e. The van der Waals surface area contributed by atoms with Gasteiger partial charge in [0.2, 0.25) is 0 Å². The molecule has 0 unspecified atom stereocenters. The molecule has 0 saturated carbocycles. The van der Waals surface area contributed by atoms with Crippen molar-refractivity contribution in [1.29, 1.82) is 0 Å². The van der Waals surface area contributed by atoms with Crippen molar-refractivity contribution in [2.75, 3.05) is 19.7 Å². The molecule has 2 aromatic heterocycles. The van der Waals surface area contributed by atoms with E-state index in [2.05, 4.69) is 10.1 Å². The van der Waals surface area contributed by atoms with Gasteiger partial charge < -0.3 is 14.7 Å². The number of morpholine rings is 1. The van der Waals surface area contributed by atoms with Crippen LogP contribution in [0.2, 0.25) is 0 Å². The lowest BCUT2D eigenvalue weighted by molar-refractivity contribution is -0.154. The molecule has 0 bridgehead atoms. The molecule has 3 rings (SSSR count). The number of carbonyl (C=O) groups is 2. The first-order valence-electron chi connectivity index (χ1n) is 6.51. The van der Waals surface area contributed by atoms with Crippen molar-refractivity contribution < 1.29 is 19.4 Å². The minimum Gasteiger partial charge on any atom is -0.479 e. The van der Waals surface area contributed by atoms with Gasteiger partial charge in [0, 0.05) is 18.8 Å². The molecule has 1 saturated heterocycles. The summed E-state index contributed by atoms with van der Waals surface area (Å²) in [5.41, 5.74) is 1.75. The number of aliphatic carboxylic acids is 1. The van der Waals surface area contributed by atoms with Crippen LogP contribution in [-0.4, -0.2) is 62.3 Å². The van der Waals surface area contributed by atoms with Crippen molar-refractivity contribution in [3.8, 4) is 0 Å². The van der Waals surface area contributed by atoms with E-state index in [9.17, 15) is 9.59 Å². The Labute approximate surface area is 119 Å². The van der Waals surface area contributed by atoms with Gasteiger partial charge in [0.25, 0.3) is 5.91 Å². The topological polar surface area (TPSA) is 97.0 Å². The minimum absolute atomic E-state index is 0.0325. The second kappa shape index (κ2) is 5.13. The molecule has 1 aliphatic rings. The van der Waals surface area contributed by atoms with Crippen LogP contribution in [-0.2, 0) is 9.53 Å². The fourth-order valence-corrected chi connectivity index (χ4v) is 2.35. The van der Waals surface area contributed by atoms with Crippen LogP contribution in [0.3, 0.4) is 0 Å². The molecule has 110 valence electrons. The van der Waals surface area contributed by atoms with E-state index in [0.717, 1.165) is 0 Å². The Balaban J connectivity index is 1.89. The number of ether oxygens (including phenoxy) is 1. The standard InChI is InChI=1S/C13H14N4O4/c1-8-9(6-14-11-2-3-15-17(8)11)12(18)16-4-5-21-10(7-16)13(19)20/h2-3,6,10H,4-5,7H2,1H3,(H,19,20)/t10-/m0/s1. The SMILES string of the molecule is Cc1c(C(=O)N2CCO[C@H](C(=O)O)C2)cnc2ccnn12. The zero-order valence-electron chi connectivity index (χ0n) is 11.4. The Hall–Kier alpha value is -2.48. The van der Waals surface area contributed by atoms with Gasteiger partial charge in [-0.05, 0) is 6.92 Å². The fourth-order valence-electron chi connectivity index (χ4n) is 2.35. The van der Waals surface area contributed by atoms with Crippen LogP contribution in [0.4, 0.5) is 0 Å². The normalized spacial score (nSPS) is 18.9. The fraction of sp³-hybridized carbons (Fsp3) is 0.385. The Morgan fingerprint density at radius 2 is 2.29 bits per heavy atom. The average Bonchev–Trinajstić information content (AvgIpc) is 2.96. The van der Waals surface area contributed by atoms with Crippen LogP contribution in [0.15, 0.2) is 18.5 Å². The maximum atomic E-state index is 12.6. The van der Waals surface area contributed by atoms with E-state index >= 15 is 0 Å². The van der Waals surface area contributed by atoms with Crippen molar-refractivity contribution in [2.45, 2.75) is 13.0 Å². The Kier molecular flexibility index (Phi) is 3.30. The first-order chi connectivity index (χ1) is 10.1. The van der Waals surface area contributed by atoms with Gasteiger partial charge in [-0.25, -0.2) is 14.3 Å². The summed E-state index contributed by atoms with van der Waals surface area (Å²) >= 11 is 0. The zero-order chi connectivity index (χ0) is 15.0. The highest BCUT2D eigenvalue weighted by Gasteiger charge is 2.30. The molecule has 0 radical (unpaired) electrons. The van der Waals surface area contributed by atoms with E-state index in [0.29, 0.717) is 23.4 Å². The van der Waals surface area contributed by atoms with Crippen molar-refractivity contribution in [1.82, 2.24) is 19.5 Å². The van der Waals surface area contributed by atoms with E-state index < -0.39 is 12.1 Å². The molecule has 1 atom stereocenters. The van der Waals surface area contributed by atoms with Gasteiger partial charge in [-0.1, -0.05) is 0 Å². The first kappa shape index (κ1) is 13.5. The maximum absolute atomic E-state index is 12.6. The van der Waals surface area contributed by atoms with E-state index in [1.165, 1.54) is 11.1 Å². The Morgan fingerprint density at radius 3 is 3.05 bits per heavy atom. The lowest BCUT2D eigenvalue weighted by atomic mass is 10.2. The second-order valence-corrected chi connectivity index (χ2v) is 4.81. The van der Waals surface area contributed by atoms with Crippen LogP contribution in [0.25, 0.3) is 5.65 Å². The summed E-state index contributed by atoms with van der Waals surface area (Å²) in [6, 6.07) is 1.75. The van der Waals surface area contributed by atoms with E-state index in [1.807, 2.05) is 0 Å². The van der Waals surface area contributed by atoms with Crippen molar-refractivity contribution in [2.24, 2.45) is 0 Å². The quantitative estimate of drug-likeness (QED) is 0.833. The zero-order valence-corrected chi connectivity index (χ0v) is 11.4. The largest absolute Gasteiger partial charge is 0.479 e. The summed E-state index contributed by atoms with van der Waals surface area (Å²) < 4.78 is 6.70. The summed E-state index contributed by atoms with van der Waals surface area (Å²) in [6.07, 6.45) is 2.13. The molecule has 21 heavy (non-hydrogen) atoms. The summed E-state index contributed by atoms with van der Waals surface area (Å²) in [5.74, 6) is -1.32. The summed E-state index contributed by atoms with van der Waals surface area (Å²) in [5, 5.41) is 13.1. The molecular formula is C13H14N4O4. The summed E-state index contributed by atoms with van der Waals surface area (Å²) in [7, 11) is 0. The molecule has 2 aromatic rings. The summed E-state index contributed by atoms with van der Waals surface area (Å²) in [6.45, 7) is 2.38. The number of carboxylic acids is 1. The molecule has 8 heteroatoms. The first-order valence-corrected chi connectivity index (χ1v) is 6.51. The highest BCUT2D eigenvalue weighted by molar-refractivity contribution is 5.95. The van der Waals surface area contributed by atoms with Crippen LogP contribution in [0, 0.1) is 6.92 Å². The Bertz CT molecular complexity index is 711. The molecule has 0 aliphatic carbocycles. The second-order valence-electron chi connectivity index (χ2n) is 4.81. The van der Waals surface area contributed by atoms with Crippen molar-refractivity contribution in [3.05, 3.63) is 29.7 Å². The third kappa shape index (κ3) is 2.33. The van der Waals surface area contributed by atoms with Gasteiger partial charge in [0.1, 0.15) is 0 Å². The number of nitrogens with zero attached hydrogens (tertiary/aromatic N) is 4. The van der Waals surface area contributed by atoms with E-state index in [1.54, 1.807) is 23.7 Å². The predicted molar refractivity (Wildman–Crippen MR) is 71.0 cm³/mol. The number of fused-ring (bicyclic) bond motifs is 1. The number of rotatable bonds is 2. The van der Waals surface area contributed by atoms with Gasteiger partial charge in [-0.2, -0.15) is 5.10 Å². The van der Waals surface area contributed by atoms with Crippen LogP contribution in [0.1, 0.15) is 16.1 Å². The third-order valence-electron chi connectivity index (χ3n) is 3.52. The van der Waals surface area contributed by atoms with Crippen molar-refractivity contribution in [3.63, 3.8) is 0 Å². The Morgan fingerprint density at radius 1 is 1.48 bits per heavy atom. The summed E-state index contributed by atoms with van der Waals surface area (Å²) in [4.78, 5) is 29.2. The number of aryl methyl sites for hydroxylation is 1. The van der Waals surface area contributed by atoms with E-state index in [4.69, 9.17) is 9.84 Å². The molecule has 1 fully saturated rings. The molecule has 0 aromatic carbocycles. The monoisotopic (exact) mass is 290 g/mol. The number of hydrogen-bond acceptors (Lipinski definition) is 5. The van der Waals surface area contributed by atoms with Crippen LogP contribution in [0.5, 0.6) is 0 Å². The molecule has 1 N–H and O–H groups in total. The van der Waals surface area contributed by atoms with Gasteiger partial charge in [-0.3, -0.25) is 4.79 Å². The van der Waals surface area contributed by atoms with Gasteiger partial charge in [0.15, 0.2) is 11.8 Å².